The summed E-state index contributed by atoms with van der Waals surface area (Å²) in [4.78, 5) is 8.62. The van der Waals surface area contributed by atoms with Crippen LogP contribution in [-0.4, -0.2) is 16.5 Å². The van der Waals surface area contributed by atoms with Crippen LogP contribution in [0.1, 0.15) is 40.9 Å². The molecule has 0 bridgehead atoms. The molecule has 0 saturated carbocycles. The molecule has 3 nitrogen and oxygen atoms in total. The summed E-state index contributed by atoms with van der Waals surface area (Å²) in [5.74, 6) is 0. The fourth-order valence-electron chi connectivity index (χ4n) is 2.33. The number of aromatic nitrogens is 2. The zero-order valence-corrected chi connectivity index (χ0v) is 12.1. The Morgan fingerprint density at radius 3 is 2.42 bits per heavy atom. The molecule has 1 atom stereocenters. The van der Waals surface area contributed by atoms with Crippen molar-refractivity contribution in [2.45, 2.75) is 33.7 Å². The van der Waals surface area contributed by atoms with E-state index in [0.29, 0.717) is 0 Å². The molecule has 0 fully saturated rings. The smallest absolute Gasteiger partial charge is 0.0801 e. The molecule has 0 amide bonds. The molecule has 3 heteroatoms. The van der Waals surface area contributed by atoms with Crippen LogP contribution in [-0.2, 0) is 0 Å². The number of rotatable bonds is 4. The van der Waals surface area contributed by atoms with E-state index in [-0.39, 0.29) is 6.04 Å². The first-order valence-electron chi connectivity index (χ1n) is 6.70. The van der Waals surface area contributed by atoms with E-state index in [1.165, 1.54) is 22.3 Å². The van der Waals surface area contributed by atoms with Gasteiger partial charge in [0.05, 0.1) is 17.9 Å². The standard InChI is InChI=1S/C16H21N3/c1-5-18-16(15-10-17-6-7-19-15)14-9-12(3)11(2)8-13(14)4/h6-10,16,18H,5H2,1-4H3. The molecule has 0 saturated heterocycles. The minimum absolute atomic E-state index is 0.109. The van der Waals surface area contributed by atoms with E-state index in [9.17, 15) is 0 Å². The zero-order valence-electron chi connectivity index (χ0n) is 12.1. The minimum Gasteiger partial charge on any atom is -0.305 e. The Morgan fingerprint density at radius 2 is 1.79 bits per heavy atom. The number of hydrogen-bond acceptors (Lipinski definition) is 3. The molecular weight excluding hydrogens is 234 g/mol. The Kier molecular flexibility index (Phi) is 4.27. The van der Waals surface area contributed by atoms with Crippen LogP contribution in [0, 0.1) is 20.8 Å². The SMILES string of the molecule is CCNC(c1cnccn1)c1cc(C)c(C)cc1C. The van der Waals surface area contributed by atoms with Gasteiger partial charge in [0, 0.05) is 12.4 Å². The van der Waals surface area contributed by atoms with Gasteiger partial charge in [-0.05, 0) is 49.6 Å². The van der Waals surface area contributed by atoms with E-state index >= 15 is 0 Å². The predicted octanol–water partition coefficient (Wildman–Crippen LogP) is 3.10. The van der Waals surface area contributed by atoms with E-state index in [4.69, 9.17) is 0 Å². The maximum absolute atomic E-state index is 4.44. The Bertz CT molecular complexity index is 549. The molecule has 1 aromatic carbocycles. The molecule has 2 rings (SSSR count). The summed E-state index contributed by atoms with van der Waals surface area (Å²) < 4.78 is 0. The van der Waals surface area contributed by atoms with Gasteiger partial charge in [0.2, 0.25) is 0 Å². The van der Waals surface area contributed by atoms with Crippen molar-refractivity contribution in [1.82, 2.24) is 15.3 Å². The van der Waals surface area contributed by atoms with Gasteiger partial charge in [0.25, 0.3) is 0 Å². The highest BCUT2D eigenvalue weighted by Crippen LogP contribution is 2.25. The van der Waals surface area contributed by atoms with Crippen molar-refractivity contribution < 1.29 is 0 Å². The van der Waals surface area contributed by atoms with Gasteiger partial charge < -0.3 is 5.32 Å². The Morgan fingerprint density at radius 1 is 1.05 bits per heavy atom. The number of benzene rings is 1. The molecule has 0 aliphatic carbocycles. The van der Waals surface area contributed by atoms with Crippen molar-refractivity contribution in [1.29, 1.82) is 0 Å². The summed E-state index contributed by atoms with van der Waals surface area (Å²) in [5, 5.41) is 3.50. The Balaban J connectivity index is 2.48. The normalized spacial score (nSPS) is 12.4. The highest BCUT2D eigenvalue weighted by Gasteiger charge is 2.17. The van der Waals surface area contributed by atoms with Crippen LogP contribution in [0.4, 0.5) is 0 Å². The summed E-state index contributed by atoms with van der Waals surface area (Å²) in [6.45, 7) is 9.46. The largest absolute Gasteiger partial charge is 0.305 e. The molecule has 1 heterocycles. The second-order valence-corrected chi connectivity index (χ2v) is 4.91. The summed E-state index contributed by atoms with van der Waals surface area (Å²) in [5.41, 5.74) is 6.18. The van der Waals surface area contributed by atoms with Crippen LogP contribution < -0.4 is 5.32 Å². The number of hydrogen-bond donors (Lipinski definition) is 1. The van der Waals surface area contributed by atoms with Gasteiger partial charge >= 0.3 is 0 Å². The van der Waals surface area contributed by atoms with E-state index in [1.54, 1.807) is 12.4 Å². The van der Waals surface area contributed by atoms with Crippen LogP contribution in [0.5, 0.6) is 0 Å². The second-order valence-electron chi connectivity index (χ2n) is 4.91. The van der Waals surface area contributed by atoms with Gasteiger partial charge in [0.1, 0.15) is 0 Å². The van der Waals surface area contributed by atoms with E-state index < -0.39 is 0 Å². The zero-order chi connectivity index (χ0) is 13.8. The number of nitrogens with zero attached hydrogens (tertiary/aromatic N) is 2. The van der Waals surface area contributed by atoms with E-state index in [2.05, 4.69) is 55.1 Å². The molecule has 1 N–H and O–H groups in total. The molecule has 0 radical (unpaired) electrons. The highest BCUT2D eigenvalue weighted by atomic mass is 14.9. The molecule has 2 aromatic rings. The monoisotopic (exact) mass is 255 g/mol. The molecule has 1 unspecified atom stereocenters. The lowest BCUT2D eigenvalue weighted by Gasteiger charge is -2.21. The van der Waals surface area contributed by atoms with Crippen LogP contribution >= 0.6 is 0 Å². The quantitative estimate of drug-likeness (QED) is 0.912. The van der Waals surface area contributed by atoms with Crippen LogP contribution in [0.25, 0.3) is 0 Å². The van der Waals surface area contributed by atoms with Crippen molar-refractivity contribution in [2.24, 2.45) is 0 Å². The van der Waals surface area contributed by atoms with Crippen molar-refractivity contribution >= 4 is 0 Å². The summed E-state index contributed by atoms with van der Waals surface area (Å²) in [6, 6.07) is 4.61. The van der Waals surface area contributed by atoms with Crippen LogP contribution in [0.15, 0.2) is 30.7 Å². The van der Waals surface area contributed by atoms with Gasteiger partial charge in [-0.1, -0.05) is 19.1 Å². The third-order valence-electron chi connectivity index (χ3n) is 3.48. The van der Waals surface area contributed by atoms with Gasteiger partial charge in [-0.3, -0.25) is 9.97 Å². The first-order chi connectivity index (χ1) is 9.13. The lowest BCUT2D eigenvalue weighted by atomic mass is 9.94. The maximum atomic E-state index is 4.44. The van der Waals surface area contributed by atoms with Crippen molar-refractivity contribution in [3.63, 3.8) is 0 Å². The predicted molar refractivity (Wildman–Crippen MR) is 78.2 cm³/mol. The van der Waals surface area contributed by atoms with Gasteiger partial charge in [-0.2, -0.15) is 0 Å². The van der Waals surface area contributed by atoms with E-state index in [0.717, 1.165) is 12.2 Å². The highest BCUT2D eigenvalue weighted by molar-refractivity contribution is 5.40. The van der Waals surface area contributed by atoms with Crippen molar-refractivity contribution in [2.75, 3.05) is 6.54 Å². The summed E-state index contributed by atoms with van der Waals surface area (Å²) in [7, 11) is 0. The number of aryl methyl sites for hydroxylation is 3. The molecule has 0 spiro atoms. The second kappa shape index (κ2) is 5.93. The average Bonchev–Trinajstić information content (AvgIpc) is 2.42. The number of nitrogens with one attached hydrogen (secondary N) is 1. The molecule has 0 aliphatic heterocycles. The summed E-state index contributed by atoms with van der Waals surface area (Å²) >= 11 is 0. The maximum Gasteiger partial charge on any atom is 0.0801 e. The fraction of sp³-hybridized carbons (Fsp3) is 0.375. The molecule has 100 valence electrons. The van der Waals surface area contributed by atoms with Crippen molar-refractivity contribution in [3.8, 4) is 0 Å². The molecular formula is C16H21N3. The lowest BCUT2D eigenvalue weighted by Crippen LogP contribution is -2.24. The molecule has 1 aromatic heterocycles. The van der Waals surface area contributed by atoms with Crippen molar-refractivity contribution in [3.05, 3.63) is 58.7 Å². The van der Waals surface area contributed by atoms with E-state index in [1.807, 2.05) is 6.20 Å². The van der Waals surface area contributed by atoms with Crippen LogP contribution in [0.2, 0.25) is 0 Å². The third-order valence-corrected chi connectivity index (χ3v) is 3.48. The van der Waals surface area contributed by atoms with Crippen LogP contribution in [0.3, 0.4) is 0 Å². The lowest BCUT2D eigenvalue weighted by molar-refractivity contribution is 0.609. The minimum atomic E-state index is 0.109. The Hall–Kier alpha value is -1.74. The van der Waals surface area contributed by atoms with Gasteiger partial charge in [-0.15, -0.1) is 0 Å². The third kappa shape index (κ3) is 2.99. The Labute approximate surface area is 115 Å². The van der Waals surface area contributed by atoms with Gasteiger partial charge in [-0.25, -0.2) is 0 Å². The first-order valence-corrected chi connectivity index (χ1v) is 6.70. The topological polar surface area (TPSA) is 37.8 Å². The molecule has 19 heavy (non-hydrogen) atoms. The average molecular weight is 255 g/mol. The molecule has 0 aliphatic rings. The summed E-state index contributed by atoms with van der Waals surface area (Å²) in [6.07, 6.45) is 5.29. The first kappa shape index (κ1) is 13.7. The van der Waals surface area contributed by atoms with Gasteiger partial charge in [0.15, 0.2) is 0 Å². The fourth-order valence-corrected chi connectivity index (χ4v) is 2.33.